The van der Waals surface area contributed by atoms with Crippen LogP contribution in [0.2, 0.25) is 0 Å². The molecule has 9 nitrogen and oxygen atoms in total. The lowest BCUT2D eigenvalue weighted by Gasteiger charge is -2.39. The number of phosphoric acid groups is 1. The lowest BCUT2D eigenvalue weighted by molar-refractivity contribution is -0.281. The molecule has 1 aliphatic rings. The summed E-state index contributed by atoms with van der Waals surface area (Å²) < 4.78 is 27.7. The van der Waals surface area contributed by atoms with Gasteiger partial charge in [-0.05, 0) is 395 Å². The van der Waals surface area contributed by atoms with Crippen LogP contribution in [0.5, 0.6) is 0 Å². The predicted molar refractivity (Wildman–Crippen MR) is 507 cm³/mol. The smallest absolute Gasteiger partial charge is 0.394 e. The highest BCUT2D eigenvalue weighted by Gasteiger charge is 2.47. The van der Waals surface area contributed by atoms with Gasteiger partial charge < -0.3 is 30.1 Å². The summed E-state index contributed by atoms with van der Waals surface area (Å²) in [6.45, 7) is 47.0. The molecule has 1 fully saturated rings. The SMILES string of the molecule is CC(C)=CCC/C(C)=C/CC/C(C)=C/CC/C(C)=C/CC/C(C)=C/CC/C(C)=C/CC/C(C)=C/CC/C(C)=C/CC/C(C)=C/CC/C(C)=C/CC/C(C)=C/CC/C(C)=C/CC/C(C)=C/CC/C(C)=C/CC/C(C)=C/CC/C(C)=C/CC/C(C)=C/CC/C(C)=C/CC/C(C)=C/CCC(C)CCOP(=O)(O)O[C@@H]1O[C@H](CO)[C@@H](O)[C@H](O)[C@@H]1O. The fourth-order valence-corrected chi connectivity index (χ4v) is 15.0. The van der Waals surface area contributed by atoms with Crippen molar-refractivity contribution in [3.8, 4) is 0 Å². The van der Waals surface area contributed by atoms with Crippen LogP contribution in [-0.2, 0) is 18.3 Å². The Hall–Kier alpha value is -5.03. The van der Waals surface area contributed by atoms with Gasteiger partial charge in [-0.2, -0.15) is 0 Å². The molecule has 0 aromatic carbocycles. The Labute approximate surface area is 714 Å². The number of allylic oxidation sites excluding steroid dienone is 38. The van der Waals surface area contributed by atoms with Gasteiger partial charge >= 0.3 is 7.82 Å². The third-order valence-corrected chi connectivity index (χ3v) is 23.7. The normalized spacial score (nSPS) is 19.6. The maximum Gasteiger partial charge on any atom is 0.474 e. The molecule has 1 heterocycles. The number of aliphatic hydroxyl groups is 4. The van der Waals surface area contributed by atoms with Gasteiger partial charge in [0.15, 0.2) is 6.29 Å². The molecule has 116 heavy (non-hydrogen) atoms. The molecule has 0 spiro atoms. The first-order chi connectivity index (χ1) is 55.2. The molecule has 658 valence electrons. The second-order valence-corrected chi connectivity index (χ2v) is 36.9. The van der Waals surface area contributed by atoms with Crippen LogP contribution in [0.3, 0.4) is 0 Å². The Bertz CT molecular complexity index is 3430. The monoisotopic (exact) mass is 1620 g/mol. The summed E-state index contributed by atoms with van der Waals surface area (Å²) >= 11 is 0. The summed E-state index contributed by atoms with van der Waals surface area (Å²) in [6.07, 6.45) is 81.4. The third-order valence-electron chi connectivity index (χ3n) is 22.7. The highest BCUT2D eigenvalue weighted by atomic mass is 31.2. The second kappa shape index (κ2) is 67.6. The minimum absolute atomic E-state index is 0.0475. The number of hydrogen-bond acceptors (Lipinski definition) is 8. The molecular weight excluding hydrogens is 1450 g/mol. The Balaban J connectivity index is 2.23. The lowest BCUT2D eigenvalue weighted by atomic mass is 10.00. The predicted octanol–water partition coefficient (Wildman–Crippen LogP) is 31.8. The number of aliphatic hydroxyl groups excluding tert-OH is 4. The first-order valence-electron chi connectivity index (χ1n) is 45.6. The van der Waals surface area contributed by atoms with Gasteiger partial charge in [-0.1, -0.05) is 228 Å². The van der Waals surface area contributed by atoms with E-state index < -0.39 is 45.1 Å². The average molecular weight is 1620 g/mol. The molecule has 0 saturated carbocycles. The van der Waals surface area contributed by atoms with E-state index in [1.165, 1.54) is 138 Å². The van der Waals surface area contributed by atoms with Crippen LogP contribution in [0.25, 0.3) is 0 Å². The van der Waals surface area contributed by atoms with Crippen LogP contribution in [0.1, 0.15) is 396 Å². The van der Waals surface area contributed by atoms with E-state index in [0.717, 1.165) is 212 Å². The Kier molecular flexibility index (Phi) is 63.5. The van der Waals surface area contributed by atoms with Gasteiger partial charge in [-0.15, -0.1) is 0 Å². The van der Waals surface area contributed by atoms with Gasteiger partial charge in [0.1, 0.15) is 24.4 Å². The van der Waals surface area contributed by atoms with Crippen LogP contribution in [0.15, 0.2) is 221 Å². The van der Waals surface area contributed by atoms with Crippen molar-refractivity contribution >= 4 is 7.82 Å². The van der Waals surface area contributed by atoms with Crippen LogP contribution in [-0.4, -0.2) is 69.2 Å². The largest absolute Gasteiger partial charge is 0.474 e. The van der Waals surface area contributed by atoms with Gasteiger partial charge in [-0.25, -0.2) is 4.57 Å². The molecule has 10 heteroatoms. The van der Waals surface area contributed by atoms with Crippen LogP contribution in [0.4, 0.5) is 0 Å². The number of phosphoric ester groups is 1. The topological polar surface area (TPSA) is 146 Å². The van der Waals surface area contributed by atoms with Crippen molar-refractivity contribution in [1.82, 2.24) is 0 Å². The summed E-state index contributed by atoms with van der Waals surface area (Å²) in [5.74, 6) is 0.224. The van der Waals surface area contributed by atoms with E-state index >= 15 is 0 Å². The number of rotatable bonds is 64. The summed E-state index contributed by atoms with van der Waals surface area (Å²) in [7, 11) is -4.64. The molecule has 7 atom stereocenters. The van der Waals surface area contributed by atoms with Crippen LogP contribution < -0.4 is 0 Å². The summed E-state index contributed by atoms with van der Waals surface area (Å²) in [4.78, 5) is 10.2. The van der Waals surface area contributed by atoms with Crippen molar-refractivity contribution in [3.05, 3.63) is 221 Å². The van der Waals surface area contributed by atoms with E-state index in [-0.39, 0.29) is 12.5 Å². The fraction of sp³-hybridized carbons (Fsp3) is 0.642. The standard InChI is InChI=1S/C106H175O9P/c1-82(2)41-22-42-83(3)43-23-44-84(4)45-24-46-85(5)47-25-48-86(6)49-26-50-87(7)51-27-52-88(8)53-28-54-89(9)55-29-56-90(10)57-30-58-91(11)59-31-60-92(12)61-32-62-93(13)63-33-64-94(14)65-34-66-95(15)67-35-68-96(16)69-36-70-97(17)71-37-72-98(18)73-38-74-99(19)75-39-76-100(20)77-40-78-101(21)79-80-113-116(111,112)115-106-105(110)104(109)103(108)102(81-107)114-106/h41,43,45,47,49,51,53,55,57,59,61,63,65,67,69,71,73,75,77,101-110H,22-40,42,44,46,48,50,52,54,56,58,60,62,64,66,68,70,72,74,76,78-81H2,1-21H3,(H,111,112)/b83-43+,84-45+,85-47+,86-49+,87-51+,88-53+,89-55+,90-57+,91-59+,92-61+,93-63+,94-65+,95-67+,96-69+,97-71+,98-73+,99-75+,100-77+/t101?,102-,103-,104+,105+,106+/m1/s1. The fourth-order valence-electron chi connectivity index (χ4n) is 14.2. The van der Waals surface area contributed by atoms with Gasteiger partial charge in [0, 0.05) is 0 Å². The number of ether oxygens (including phenoxy) is 1. The third kappa shape index (κ3) is 62.1. The van der Waals surface area contributed by atoms with Crippen molar-refractivity contribution in [3.63, 3.8) is 0 Å². The van der Waals surface area contributed by atoms with Crippen molar-refractivity contribution < 1.29 is 43.7 Å². The summed E-state index contributed by atoms with van der Waals surface area (Å²) in [6, 6.07) is 0. The van der Waals surface area contributed by atoms with Gasteiger partial charge in [-0.3, -0.25) is 9.05 Å². The van der Waals surface area contributed by atoms with E-state index in [1.54, 1.807) is 0 Å². The first kappa shape index (κ1) is 109. The molecule has 1 aliphatic heterocycles. The molecule has 0 amide bonds. The highest BCUT2D eigenvalue weighted by molar-refractivity contribution is 7.47. The summed E-state index contributed by atoms with van der Waals surface area (Å²) in [5.41, 5.74) is 28.4. The average Bonchev–Trinajstić information content (AvgIpc) is 0.808. The Morgan fingerprint density at radius 3 is 0.647 bits per heavy atom. The first-order valence-corrected chi connectivity index (χ1v) is 47.1. The quantitative estimate of drug-likeness (QED) is 0.0297. The number of hydrogen-bond donors (Lipinski definition) is 5. The molecule has 5 N–H and O–H groups in total. The van der Waals surface area contributed by atoms with Gasteiger partial charge in [0.25, 0.3) is 0 Å². The zero-order chi connectivity index (χ0) is 86.5. The van der Waals surface area contributed by atoms with Crippen molar-refractivity contribution in [1.29, 1.82) is 0 Å². The molecule has 0 radical (unpaired) electrons. The van der Waals surface area contributed by atoms with Gasteiger partial charge in [0.05, 0.1) is 13.2 Å². The van der Waals surface area contributed by atoms with Crippen LogP contribution in [0, 0.1) is 5.92 Å². The van der Waals surface area contributed by atoms with Crippen LogP contribution >= 0.6 is 7.82 Å². The molecule has 1 rings (SSSR count). The van der Waals surface area contributed by atoms with Gasteiger partial charge in [0.2, 0.25) is 0 Å². The molecule has 0 aromatic heterocycles. The van der Waals surface area contributed by atoms with E-state index in [4.69, 9.17) is 13.8 Å². The maximum absolute atomic E-state index is 12.5. The summed E-state index contributed by atoms with van der Waals surface area (Å²) in [5, 5.41) is 39.3. The molecular formula is C106H175O9P. The maximum atomic E-state index is 12.5. The minimum Gasteiger partial charge on any atom is -0.394 e. The molecule has 0 bridgehead atoms. The zero-order valence-corrected chi connectivity index (χ0v) is 79.1. The zero-order valence-electron chi connectivity index (χ0n) is 78.2. The van der Waals surface area contributed by atoms with Crippen molar-refractivity contribution in [2.24, 2.45) is 5.92 Å². The van der Waals surface area contributed by atoms with Crippen molar-refractivity contribution in [2.45, 2.75) is 427 Å². The van der Waals surface area contributed by atoms with E-state index in [2.05, 4.69) is 261 Å². The van der Waals surface area contributed by atoms with Crippen molar-refractivity contribution in [2.75, 3.05) is 13.2 Å². The second-order valence-electron chi connectivity index (χ2n) is 35.5. The van der Waals surface area contributed by atoms with E-state index in [0.29, 0.717) is 6.42 Å². The molecule has 1 saturated heterocycles. The molecule has 2 unspecified atom stereocenters. The van der Waals surface area contributed by atoms with E-state index in [1.807, 2.05) is 0 Å². The minimum atomic E-state index is -4.64. The Morgan fingerprint density at radius 2 is 0.466 bits per heavy atom. The molecule has 0 aromatic rings. The molecule has 0 aliphatic carbocycles. The van der Waals surface area contributed by atoms with E-state index in [9.17, 15) is 29.9 Å². The lowest BCUT2D eigenvalue weighted by Crippen LogP contribution is -2.58. The Morgan fingerprint density at radius 1 is 0.284 bits per heavy atom. The highest BCUT2D eigenvalue weighted by Crippen LogP contribution is 2.47.